The molecule has 1 spiro atoms. The second kappa shape index (κ2) is 17.2. The summed E-state index contributed by atoms with van der Waals surface area (Å²) in [5, 5.41) is 0. The van der Waals surface area contributed by atoms with E-state index in [1.54, 1.807) is 0 Å². The van der Waals surface area contributed by atoms with Crippen molar-refractivity contribution in [2.45, 2.75) is 122 Å². The van der Waals surface area contributed by atoms with Crippen molar-refractivity contribution in [1.29, 1.82) is 0 Å². The molecule has 0 unspecified atom stereocenters. The van der Waals surface area contributed by atoms with Crippen molar-refractivity contribution in [3.8, 4) is 33.4 Å². The molecule has 1 heteroatoms. The lowest BCUT2D eigenvalue weighted by Gasteiger charge is -2.36. The van der Waals surface area contributed by atoms with Gasteiger partial charge in [0.1, 0.15) is 0 Å². The topological polar surface area (TPSA) is 3.24 Å². The number of para-hydroxylation sites is 1. The predicted molar refractivity (Wildman–Crippen MR) is 314 cm³/mol. The minimum atomic E-state index is -0.574. The molecule has 0 saturated carbocycles. The Morgan fingerprint density at radius 3 is 1.15 bits per heavy atom. The first kappa shape index (κ1) is 47.8. The molecule has 9 aromatic rings. The van der Waals surface area contributed by atoms with Crippen LogP contribution < -0.4 is 4.90 Å². The highest BCUT2D eigenvalue weighted by atomic mass is 15.1. The smallest absolute Gasteiger partial charge is 0.0726 e. The van der Waals surface area contributed by atoms with E-state index in [-0.39, 0.29) is 10.8 Å². The van der Waals surface area contributed by atoms with Gasteiger partial charge < -0.3 is 4.90 Å². The first-order valence-electron chi connectivity index (χ1n) is 27.3. The van der Waals surface area contributed by atoms with Gasteiger partial charge in [0.2, 0.25) is 0 Å². The maximum atomic E-state index is 2.56. The second-order valence-corrected chi connectivity index (χ2v) is 24.7. The van der Waals surface area contributed by atoms with Gasteiger partial charge in [-0.2, -0.15) is 0 Å². The molecule has 12 rings (SSSR count). The van der Waals surface area contributed by atoms with Crippen molar-refractivity contribution in [1.82, 2.24) is 0 Å². The largest absolute Gasteiger partial charge is 0.310 e. The lowest BCUT2D eigenvalue weighted by atomic mass is 9.67. The van der Waals surface area contributed by atoms with E-state index in [4.69, 9.17) is 0 Å². The monoisotopic (exact) mass is 962 g/mol. The van der Waals surface area contributed by atoms with Gasteiger partial charge in [-0.05, 0) is 171 Å². The molecule has 0 heterocycles. The summed E-state index contributed by atoms with van der Waals surface area (Å²) in [5.74, 6) is 1.22. The number of fused-ring (bicyclic) bond motifs is 13. The average Bonchev–Trinajstić information content (AvgIpc) is 3.97. The normalized spacial score (nSPS) is 14.5. The van der Waals surface area contributed by atoms with Gasteiger partial charge in [-0.15, -0.1) is 0 Å². The quantitative estimate of drug-likeness (QED) is 0.147. The molecule has 1 nitrogen and oxygen atoms in total. The van der Waals surface area contributed by atoms with E-state index in [1.807, 2.05) is 0 Å². The summed E-state index contributed by atoms with van der Waals surface area (Å²) in [7, 11) is 0. The van der Waals surface area contributed by atoms with Gasteiger partial charge in [0.05, 0.1) is 10.8 Å². The number of benzene rings is 9. The fraction of sp³-hybridized carbons (Fsp3) is 0.260. The van der Waals surface area contributed by atoms with Crippen molar-refractivity contribution in [2.24, 2.45) is 0 Å². The molecule has 0 saturated heterocycles. The Bertz CT molecular complexity index is 3530. The molecule has 0 amide bonds. The maximum absolute atomic E-state index is 2.56. The standard InChI is InChI=1S/C73H71N/c1-45(2)48-23-38-65-62(40-48)63-41-49(46(3)4)24-39-66(63)73(65)67-42-50(47(5)6)22-35-59(67)61-37-34-57(44-69(61)73)74(55-18-14-13-15-19-55)56-33-36-60-58-20-16-17-21-64(58)72(68(60)43-56,53-29-25-51(26-30-53)70(7,8)9)54-31-27-52(28-32-54)71(10,11)12/h13-47H,1-12H3. The summed E-state index contributed by atoms with van der Waals surface area (Å²) in [5.41, 5.74) is 27.8. The summed E-state index contributed by atoms with van der Waals surface area (Å²) >= 11 is 0. The molecule has 0 atom stereocenters. The predicted octanol–water partition coefficient (Wildman–Crippen LogP) is 19.8. The summed E-state index contributed by atoms with van der Waals surface area (Å²) in [6.07, 6.45) is 0. The molecular weight excluding hydrogens is 891 g/mol. The van der Waals surface area contributed by atoms with Crippen LogP contribution in [0.1, 0.15) is 173 Å². The van der Waals surface area contributed by atoms with Crippen LogP contribution in [0.2, 0.25) is 0 Å². The summed E-state index contributed by atoms with van der Waals surface area (Å²) < 4.78 is 0. The molecule has 0 bridgehead atoms. The fourth-order valence-electron chi connectivity index (χ4n) is 13.2. The van der Waals surface area contributed by atoms with E-state index in [9.17, 15) is 0 Å². The van der Waals surface area contributed by atoms with Gasteiger partial charge in [0.25, 0.3) is 0 Å². The Kier molecular flexibility index (Phi) is 11.1. The Labute approximate surface area is 442 Å². The molecule has 0 N–H and O–H groups in total. The van der Waals surface area contributed by atoms with E-state index >= 15 is 0 Å². The van der Waals surface area contributed by atoms with Crippen molar-refractivity contribution in [2.75, 3.05) is 4.90 Å². The highest BCUT2D eigenvalue weighted by molar-refractivity contribution is 5.97. The lowest BCUT2D eigenvalue weighted by Crippen LogP contribution is -2.29. The zero-order valence-electron chi connectivity index (χ0n) is 45.7. The van der Waals surface area contributed by atoms with Gasteiger partial charge >= 0.3 is 0 Å². The van der Waals surface area contributed by atoms with Crippen molar-refractivity contribution < 1.29 is 0 Å². The van der Waals surface area contributed by atoms with Gasteiger partial charge in [0.15, 0.2) is 0 Å². The SMILES string of the molecule is CC(C)c1ccc2c(c1)-c1cc(C(C)C)ccc1C21c2cc(C(C)C)ccc2-c2ccc(N(c3ccccc3)c3ccc4c(c3)C(c3ccc(C(C)(C)C)cc3)(c3ccc(C(C)(C)C)cc3)c3ccccc3-4)cc21. The first-order valence-corrected chi connectivity index (χ1v) is 27.3. The minimum Gasteiger partial charge on any atom is -0.310 e. The Balaban J connectivity index is 1.12. The number of hydrogen-bond donors (Lipinski definition) is 0. The Hall–Kier alpha value is -7.22. The van der Waals surface area contributed by atoms with E-state index in [2.05, 4.69) is 282 Å². The van der Waals surface area contributed by atoms with Crippen LogP contribution in [0, 0.1) is 0 Å². The Morgan fingerprint density at radius 1 is 0.297 bits per heavy atom. The lowest BCUT2D eigenvalue weighted by molar-refractivity contribution is 0.588. The summed E-state index contributed by atoms with van der Waals surface area (Å²) in [4.78, 5) is 2.52. The van der Waals surface area contributed by atoms with Crippen LogP contribution in [0.25, 0.3) is 33.4 Å². The number of anilines is 3. The molecular formula is C73H71N. The van der Waals surface area contributed by atoms with Crippen LogP contribution in [-0.4, -0.2) is 0 Å². The average molecular weight is 962 g/mol. The van der Waals surface area contributed by atoms with E-state index < -0.39 is 10.8 Å². The minimum absolute atomic E-state index is 0.0259. The third-order valence-corrected chi connectivity index (χ3v) is 17.3. The van der Waals surface area contributed by atoms with Gasteiger partial charge in [0, 0.05) is 17.1 Å². The molecule has 3 aliphatic rings. The maximum Gasteiger partial charge on any atom is 0.0726 e. The van der Waals surface area contributed by atoms with Gasteiger partial charge in [-0.3, -0.25) is 0 Å². The molecule has 0 fully saturated rings. The van der Waals surface area contributed by atoms with E-state index in [1.165, 1.54) is 106 Å². The molecule has 3 aliphatic carbocycles. The van der Waals surface area contributed by atoms with Crippen LogP contribution in [-0.2, 0) is 21.7 Å². The molecule has 0 aromatic heterocycles. The van der Waals surface area contributed by atoms with Crippen LogP contribution in [0.5, 0.6) is 0 Å². The zero-order valence-corrected chi connectivity index (χ0v) is 45.7. The Morgan fingerprint density at radius 2 is 0.676 bits per heavy atom. The van der Waals surface area contributed by atoms with Crippen LogP contribution in [0.3, 0.4) is 0 Å². The van der Waals surface area contributed by atoms with E-state index in [0.717, 1.165) is 17.1 Å². The highest BCUT2D eigenvalue weighted by Gasteiger charge is 2.53. The molecule has 368 valence electrons. The fourth-order valence-corrected chi connectivity index (χ4v) is 13.2. The summed E-state index contributed by atoms with van der Waals surface area (Å²) in [6, 6.07) is 76.3. The molecule has 0 radical (unpaired) electrons. The van der Waals surface area contributed by atoms with Crippen LogP contribution >= 0.6 is 0 Å². The van der Waals surface area contributed by atoms with E-state index in [0.29, 0.717) is 17.8 Å². The van der Waals surface area contributed by atoms with Crippen molar-refractivity contribution >= 4 is 17.1 Å². The second-order valence-electron chi connectivity index (χ2n) is 24.7. The van der Waals surface area contributed by atoms with Crippen LogP contribution in [0.15, 0.2) is 194 Å². The third kappa shape index (κ3) is 7.09. The zero-order chi connectivity index (χ0) is 51.6. The number of rotatable bonds is 8. The van der Waals surface area contributed by atoms with Crippen LogP contribution in [0.4, 0.5) is 17.1 Å². The van der Waals surface area contributed by atoms with Crippen molar-refractivity contribution in [3.63, 3.8) is 0 Å². The molecule has 9 aromatic carbocycles. The number of nitrogens with zero attached hydrogens (tertiary/aromatic N) is 1. The highest BCUT2D eigenvalue weighted by Crippen LogP contribution is 2.65. The van der Waals surface area contributed by atoms with Gasteiger partial charge in [-0.25, -0.2) is 0 Å². The molecule has 0 aliphatic heterocycles. The third-order valence-electron chi connectivity index (χ3n) is 17.3. The molecule has 74 heavy (non-hydrogen) atoms. The van der Waals surface area contributed by atoms with Gasteiger partial charge in [-0.1, -0.05) is 241 Å². The number of hydrogen-bond acceptors (Lipinski definition) is 1. The summed E-state index contributed by atoms with van der Waals surface area (Å²) in [6.45, 7) is 27.8. The van der Waals surface area contributed by atoms with Crippen molar-refractivity contribution in [3.05, 3.63) is 266 Å². The first-order chi connectivity index (χ1) is 35.4.